The summed E-state index contributed by atoms with van der Waals surface area (Å²) in [4.78, 5) is 14.0. The number of alkyl halides is 3. The fourth-order valence-corrected chi connectivity index (χ4v) is 1.11. The van der Waals surface area contributed by atoms with Crippen molar-refractivity contribution in [2.45, 2.75) is 25.1 Å². The molecule has 0 fully saturated rings. The Kier molecular flexibility index (Phi) is 2.58. The van der Waals surface area contributed by atoms with E-state index in [9.17, 15) is 18.0 Å². The predicted molar refractivity (Wildman–Crippen MR) is 38.5 cm³/mol. The molecule has 3 nitrogen and oxygen atoms in total. The number of aliphatic imine (C=N–C) groups is 1. The van der Waals surface area contributed by atoms with Gasteiger partial charge in [0, 0.05) is 0 Å². The van der Waals surface area contributed by atoms with Crippen LogP contribution in [0.4, 0.5) is 13.2 Å². The van der Waals surface area contributed by atoms with E-state index in [0.29, 0.717) is 0 Å². The lowest BCUT2D eigenvalue weighted by molar-refractivity contribution is -0.141. The van der Waals surface area contributed by atoms with Crippen molar-refractivity contribution in [2.75, 3.05) is 7.11 Å². The van der Waals surface area contributed by atoms with Gasteiger partial charge in [0.05, 0.1) is 7.11 Å². The molecule has 13 heavy (non-hydrogen) atoms. The Balaban J connectivity index is 2.69. The molecule has 0 aromatic carbocycles. The first-order valence-electron chi connectivity index (χ1n) is 3.67. The molecule has 1 heterocycles. The van der Waals surface area contributed by atoms with E-state index in [-0.39, 0.29) is 12.8 Å². The number of carbonyl (C=O) groups is 1. The molecule has 1 aliphatic heterocycles. The zero-order chi connectivity index (χ0) is 10.1. The predicted octanol–water partition coefficient (Wildman–Crippen LogP) is 1.33. The molecule has 0 spiro atoms. The second-order valence-electron chi connectivity index (χ2n) is 2.65. The number of carbonyl (C=O) groups excluding carboxylic acids is 1. The van der Waals surface area contributed by atoms with Crippen LogP contribution in [0.1, 0.15) is 12.8 Å². The average molecular weight is 195 g/mol. The highest BCUT2D eigenvalue weighted by Crippen LogP contribution is 2.27. The zero-order valence-corrected chi connectivity index (χ0v) is 6.89. The Hall–Kier alpha value is -1.07. The van der Waals surface area contributed by atoms with E-state index in [2.05, 4.69) is 9.73 Å². The first-order valence-corrected chi connectivity index (χ1v) is 3.67. The molecule has 0 bridgehead atoms. The molecule has 6 heteroatoms. The van der Waals surface area contributed by atoms with Crippen LogP contribution >= 0.6 is 0 Å². The van der Waals surface area contributed by atoms with E-state index in [4.69, 9.17) is 0 Å². The molecule has 74 valence electrons. The molecular weight excluding hydrogens is 187 g/mol. The highest BCUT2D eigenvalue weighted by Gasteiger charge is 2.40. The van der Waals surface area contributed by atoms with Gasteiger partial charge in [0.2, 0.25) is 0 Å². The summed E-state index contributed by atoms with van der Waals surface area (Å²) in [5.41, 5.74) is -0.872. The third-order valence-electron chi connectivity index (χ3n) is 1.77. The van der Waals surface area contributed by atoms with Crippen molar-refractivity contribution in [3.05, 3.63) is 0 Å². The topological polar surface area (TPSA) is 38.7 Å². The maximum absolute atomic E-state index is 12.0. The van der Waals surface area contributed by atoms with Gasteiger partial charge >= 0.3 is 12.1 Å². The Morgan fingerprint density at radius 3 is 2.62 bits per heavy atom. The second kappa shape index (κ2) is 3.35. The molecule has 0 saturated carbocycles. The van der Waals surface area contributed by atoms with E-state index < -0.39 is 23.9 Å². The summed E-state index contributed by atoms with van der Waals surface area (Å²) >= 11 is 0. The molecule has 0 radical (unpaired) electrons. The van der Waals surface area contributed by atoms with E-state index in [1.54, 1.807) is 0 Å². The van der Waals surface area contributed by atoms with Crippen molar-refractivity contribution >= 4 is 11.7 Å². The molecule has 1 aliphatic rings. The third-order valence-corrected chi connectivity index (χ3v) is 1.77. The van der Waals surface area contributed by atoms with Crippen molar-refractivity contribution in [1.29, 1.82) is 0 Å². The largest absolute Gasteiger partial charge is 0.467 e. The lowest BCUT2D eigenvalue weighted by Gasteiger charge is -2.03. The number of halogens is 3. The summed E-state index contributed by atoms with van der Waals surface area (Å²) in [7, 11) is 1.13. The van der Waals surface area contributed by atoms with Crippen molar-refractivity contribution in [2.24, 2.45) is 4.99 Å². The van der Waals surface area contributed by atoms with Crippen LogP contribution < -0.4 is 0 Å². The van der Waals surface area contributed by atoms with Gasteiger partial charge in [-0.1, -0.05) is 0 Å². The van der Waals surface area contributed by atoms with Gasteiger partial charge in [-0.15, -0.1) is 0 Å². The number of nitrogens with zero attached hydrogens (tertiary/aromatic N) is 1. The number of hydrogen-bond donors (Lipinski definition) is 0. The molecule has 1 rings (SSSR count). The number of methoxy groups -OCH3 is 1. The van der Waals surface area contributed by atoms with Gasteiger partial charge < -0.3 is 4.74 Å². The summed E-state index contributed by atoms with van der Waals surface area (Å²) in [5.74, 6) is -0.709. The zero-order valence-electron chi connectivity index (χ0n) is 6.89. The van der Waals surface area contributed by atoms with Crippen molar-refractivity contribution < 1.29 is 22.7 Å². The average Bonchev–Trinajstić information content (AvgIpc) is 2.50. The molecule has 0 N–H and O–H groups in total. The van der Waals surface area contributed by atoms with Gasteiger partial charge in [-0.2, -0.15) is 13.2 Å². The highest BCUT2D eigenvalue weighted by molar-refractivity contribution is 5.94. The smallest absolute Gasteiger partial charge is 0.429 e. The first kappa shape index (κ1) is 10.0. The van der Waals surface area contributed by atoms with Crippen molar-refractivity contribution in [1.82, 2.24) is 0 Å². The Labute approximate surface area is 72.6 Å². The molecule has 1 atom stereocenters. The molecule has 0 aliphatic carbocycles. The quantitative estimate of drug-likeness (QED) is 0.592. The van der Waals surface area contributed by atoms with E-state index >= 15 is 0 Å². The van der Waals surface area contributed by atoms with Crippen LogP contribution in [0.3, 0.4) is 0 Å². The van der Waals surface area contributed by atoms with Crippen LogP contribution in [0, 0.1) is 0 Å². The van der Waals surface area contributed by atoms with Crippen LogP contribution in [-0.4, -0.2) is 31.0 Å². The maximum Gasteiger partial charge on any atom is 0.429 e. The van der Waals surface area contributed by atoms with Crippen LogP contribution in [0.25, 0.3) is 0 Å². The van der Waals surface area contributed by atoms with E-state index in [1.807, 2.05) is 0 Å². The van der Waals surface area contributed by atoms with Crippen LogP contribution in [0.15, 0.2) is 4.99 Å². The summed E-state index contributed by atoms with van der Waals surface area (Å²) in [6.07, 6.45) is -4.53. The fourth-order valence-electron chi connectivity index (χ4n) is 1.11. The Bertz CT molecular complexity index is 247. The van der Waals surface area contributed by atoms with Crippen LogP contribution in [-0.2, 0) is 9.53 Å². The third kappa shape index (κ3) is 2.19. The fraction of sp³-hybridized carbons (Fsp3) is 0.714. The summed E-state index contributed by atoms with van der Waals surface area (Å²) in [6, 6.07) is -0.971. The Morgan fingerprint density at radius 1 is 1.62 bits per heavy atom. The number of hydrogen-bond acceptors (Lipinski definition) is 3. The lowest BCUT2D eigenvalue weighted by atomic mass is 10.2. The molecule has 0 aromatic heterocycles. The van der Waals surface area contributed by atoms with Gasteiger partial charge in [-0.3, -0.25) is 4.99 Å². The Morgan fingerprint density at radius 2 is 2.23 bits per heavy atom. The molecular formula is C7H8F3NO2. The molecule has 0 amide bonds. The minimum absolute atomic E-state index is 0.0848. The monoisotopic (exact) mass is 195 g/mol. The lowest BCUT2D eigenvalue weighted by Crippen LogP contribution is -2.21. The number of ether oxygens (including phenoxy) is 1. The highest BCUT2D eigenvalue weighted by atomic mass is 19.4. The molecule has 0 saturated heterocycles. The van der Waals surface area contributed by atoms with Crippen LogP contribution in [0.5, 0.6) is 0 Å². The van der Waals surface area contributed by atoms with E-state index in [1.165, 1.54) is 0 Å². The van der Waals surface area contributed by atoms with E-state index in [0.717, 1.165) is 7.11 Å². The van der Waals surface area contributed by atoms with Gasteiger partial charge in [0.25, 0.3) is 0 Å². The maximum atomic E-state index is 12.0. The number of esters is 1. The number of rotatable bonds is 1. The van der Waals surface area contributed by atoms with Gasteiger partial charge in [-0.25, -0.2) is 4.79 Å². The SMILES string of the molecule is COC(=O)[C@H]1CCC(C(F)(F)F)=N1. The summed E-state index contributed by atoms with van der Waals surface area (Å²) < 4.78 is 40.3. The normalized spacial score (nSPS) is 22.8. The summed E-state index contributed by atoms with van der Waals surface area (Å²) in [5, 5.41) is 0. The minimum atomic E-state index is -4.41. The van der Waals surface area contributed by atoms with Crippen molar-refractivity contribution in [3.63, 3.8) is 0 Å². The van der Waals surface area contributed by atoms with Crippen molar-refractivity contribution in [3.8, 4) is 0 Å². The molecule has 0 unspecified atom stereocenters. The van der Waals surface area contributed by atoms with Gasteiger partial charge in [0.1, 0.15) is 11.8 Å². The van der Waals surface area contributed by atoms with Gasteiger partial charge in [-0.05, 0) is 12.8 Å². The molecule has 0 aromatic rings. The summed E-state index contributed by atoms with van der Waals surface area (Å²) in [6.45, 7) is 0. The standard InChI is InChI=1S/C7H8F3NO2/c1-13-6(12)4-2-3-5(11-4)7(8,9)10/h4H,2-3H2,1H3/t4-/m1/s1. The van der Waals surface area contributed by atoms with Gasteiger partial charge in [0.15, 0.2) is 0 Å². The second-order valence-corrected chi connectivity index (χ2v) is 2.65. The van der Waals surface area contributed by atoms with Crippen LogP contribution in [0.2, 0.25) is 0 Å². The minimum Gasteiger partial charge on any atom is -0.467 e. The first-order chi connectivity index (χ1) is 5.95.